The average molecular weight is 1400 g/mol. The number of unbranched alkanes of at least 4 members (excludes halogenated alkanes) is 41. The summed E-state index contributed by atoms with van der Waals surface area (Å²) in [5, 5.41) is 62.3. The standard InChI is InChI=1S/C60H122O6.C26H48O6/c1-7-10-13-34-43-54(4)46-37-28-22-16-19-25-31-40-49-58(61)64-52-57(66-60(63)51-42-33-27-21-18-24-30-39-48-56(6)45-36-15-12-9-3)53-65-59(62)50-41-32-26-20-17-23-29-38-47-55(5)44-35-14-11-8-2;1-2-3-4-5-6-7-8-9-10-11-12-13-14-15-16-17-25(29)32-21-24(28)22-20-31-19-18-23(27)26(22)30/h54-63H,7-53H2,1-6H3;7-8,22-24,26-28,30H,2-6,9-21H2,1H3/b;8-7+. The highest BCUT2D eigenvalue weighted by Gasteiger charge is 2.35. The zero-order chi connectivity index (χ0) is 71.8. The van der Waals surface area contributed by atoms with Gasteiger partial charge in [0.25, 0.3) is 0 Å². The predicted octanol–water partition coefficient (Wildman–Crippen LogP) is 23.6. The summed E-state index contributed by atoms with van der Waals surface area (Å²) in [6.07, 6.45) is 71.3. The number of aliphatic hydroxyl groups is 6. The Morgan fingerprint density at radius 1 is 0.388 bits per heavy atom. The smallest absolute Gasteiger partial charge is 0.305 e. The maximum absolute atomic E-state index is 11.9. The van der Waals surface area contributed by atoms with E-state index in [1.165, 1.54) is 295 Å². The summed E-state index contributed by atoms with van der Waals surface area (Å²) < 4.78 is 28.2. The molecule has 1 fully saturated rings. The monoisotopic (exact) mass is 1400 g/mol. The zero-order valence-electron chi connectivity index (χ0n) is 66.1. The second-order valence-corrected chi connectivity index (χ2v) is 31.0. The SMILES string of the molecule is CCCCCC/C=C/CCCCCCCCCC(=O)OCC(O)C1COCCC(O)C1O.CCCCCCC(C)CCCCCCCCCCC(O)OCC(COC(O)CCCCCCCCCCC(C)CCCCCC)OC(O)CCCCCCCCCCC(C)CCCCCC. The van der Waals surface area contributed by atoms with Gasteiger partial charge in [-0.2, -0.15) is 0 Å². The number of ether oxygens (including phenoxy) is 5. The molecule has 12 heteroatoms. The van der Waals surface area contributed by atoms with Crippen LogP contribution >= 0.6 is 0 Å². The van der Waals surface area contributed by atoms with Crippen LogP contribution in [0.2, 0.25) is 0 Å². The summed E-state index contributed by atoms with van der Waals surface area (Å²) in [6, 6.07) is 0. The van der Waals surface area contributed by atoms with Crippen molar-refractivity contribution in [2.75, 3.05) is 33.0 Å². The first-order chi connectivity index (χ1) is 47.8. The number of aliphatic hydroxyl groups excluding tert-OH is 6. The van der Waals surface area contributed by atoms with Gasteiger partial charge < -0.3 is 54.3 Å². The zero-order valence-corrected chi connectivity index (χ0v) is 66.1. The van der Waals surface area contributed by atoms with E-state index in [1.54, 1.807) is 0 Å². The molecule has 1 aliphatic heterocycles. The quantitative estimate of drug-likeness (QED) is 0.0147. The van der Waals surface area contributed by atoms with Crippen molar-refractivity contribution in [1.29, 1.82) is 0 Å². The minimum absolute atomic E-state index is 0.137. The van der Waals surface area contributed by atoms with E-state index in [4.69, 9.17) is 23.7 Å². The van der Waals surface area contributed by atoms with Gasteiger partial charge in [0.05, 0.1) is 38.1 Å². The van der Waals surface area contributed by atoms with Gasteiger partial charge >= 0.3 is 5.97 Å². The number of esters is 1. The third-order valence-corrected chi connectivity index (χ3v) is 20.9. The minimum Gasteiger partial charge on any atom is -0.463 e. The molecule has 0 aromatic rings. The van der Waals surface area contributed by atoms with Crippen LogP contribution < -0.4 is 0 Å². The highest BCUT2D eigenvalue weighted by molar-refractivity contribution is 5.69. The first kappa shape index (κ1) is 96.8. The topological polar surface area (TPSA) is 185 Å². The van der Waals surface area contributed by atoms with Gasteiger partial charge in [-0.3, -0.25) is 4.79 Å². The van der Waals surface area contributed by atoms with Crippen molar-refractivity contribution in [3.05, 3.63) is 12.2 Å². The minimum atomic E-state index is -1.07. The Kier molecular flexibility index (Phi) is 74.6. The van der Waals surface area contributed by atoms with Crippen molar-refractivity contribution in [1.82, 2.24) is 0 Å². The van der Waals surface area contributed by atoms with Gasteiger partial charge in [0.1, 0.15) is 12.7 Å². The number of allylic oxidation sites excluding steroid dienone is 2. The number of carbonyl (C=O) groups is 1. The lowest BCUT2D eigenvalue weighted by Crippen LogP contribution is -2.42. The van der Waals surface area contributed by atoms with Crippen LogP contribution in [0.15, 0.2) is 12.2 Å². The van der Waals surface area contributed by atoms with E-state index in [9.17, 15) is 35.4 Å². The molecule has 12 nitrogen and oxygen atoms in total. The summed E-state index contributed by atoms with van der Waals surface area (Å²) in [5.41, 5.74) is 0. The molecule has 0 radical (unpaired) electrons. The van der Waals surface area contributed by atoms with Gasteiger partial charge in [0, 0.05) is 18.9 Å². The van der Waals surface area contributed by atoms with E-state index in [0.29, 0.717) is 38.7 Å². The van der Waals surface area contributed by atoms with E-state index in [2.05, 4.69) is 60.6 Å². The second-order valence-electron chi connectivity index (χ2n) is 31.0. The third-order valence-electron chi connectivity index (χ3n) is 20.9. The van der Waals surface area contributed by atoms with Crippen molar-refractivity contribution in [2.24, 2.45) is 23.7 Å². The Morgan fingerprint density at radius 2 is 0.684 bits per heavy atom. The second kappa shape index (κ2) is 75.5. The molecule has 0 amide bonds. The molecule has 10 atom stereocenters. The Labute approximate surface area is 608 Å². The lowest BCUT2D eigenvalue weighted by atomic mass is 9.93. The molecule has 1 rings (SSSR count). The van der Waals surface area contributed by atoms with E-state index in [-0.39, 0.29) is 32.4 Å². The van der Waals surface area contributed by atoms with E-state index >= 15 is 0 Å². The fourth-order valence-corrected chi connectivity index (χ4v) is 13.9. The average Bonchev–Trinajstić information content (AvgIpc) is 1.66. The van der Waals surface area contributed by atoms with Crippen molar-refractivity contribution < 1.29 is 59.1 Å². The number of hydrogen-bond acceptors (Lipinski definition) is 12. The van der Waals surface area contributed by atoms with E-state index < -0.39 is 49.2 Å². The lowest BCUT2D eigenvalue weighted by Gasteiger charge is -2.27. The van der Waals surface area contributed by atoms with E-state index in [0.717, 1.165) is 75.5 Å². The lowest BCUT2D eigenvalue weighted by molar-refractivity contribution is -0.212. The Balaban J connectivity index is 0.00000244. The molecule has 0 bridgehead atoms. The molecule has 1 saturated heterocycles. The molecule has 1 aliphatic rings. The molecule has 586 valence electrons. The summed E-state index contributed by atoms with van der Waals surface area (Å²) in [7, 11) is 0. The molecule has 1 heterocycles. The van der Waals surface area contributed by atoms with Crippen LogP contribution in [-0.2, 0) is 28.5 Å². The summed E-state index contributed by atoms with van der Waals surface area (Å²) in [6.45, 7) is 17.0. The van der Waals surface area contributed by atoms with Crippen molar-refractivity contribution in [2.45, 2.75) is 477 Å². The predicted molar refractivity (Wildman–Crippen MR) is 414 cm³/mol. The van der Waals surface area contributed by atoms with Gasteiger partial charge in [-0.15, -0.1) is 0 Å². The van der Waals surface area contributed by atoms with Crippen LogP contribution in [-0.4, -0.2) is 113 Å². The molecule has 0 spiro atoms. The molecule has 0 aliphatic carbocycles. The molecule has 98 heavy (non-hydrogen) atoms. The number of hydrogen-bond donors (Lipinski definition) is 6. The van der Waals surface area contributed by atoms with Crippen LogP contribution in [0.4, 0.5) is 0 Å². The summed E-state index contributed by atoms with van der Waals surface area (Å²) in [5.74, 6) is 1.67. The van der Waals surface area contributed by atoms with Gasteiger partial charge in [-0.25, -0.2) is 0 Å². The third kappa shape index (κ3) is 68.0. The highest BCUT2D eigenvalue weighted by atomic mass is 16.7. The van der Waals surface area contributed by atoms with Crippen LogP contribution in [0, 0.1) is 23.7 Å². The van der Waals surface area contributed by atoms with Gasteiger partial charge in [0.2, 0.25) is 0 Å². The normalized spacial score (nSPS) is 17.7. The summed E-state index contributed by atoms with van der Waals surface area (Å²) in [4.78, 5) is 11.9. The van der Waals surface area contributed by atoms with Crippen molar-refractivity contribution >= 4 is 5.97 Å². The largest absolute Gasteiger partial charge is 0.463 e. The van der Waals surface area contributed by atoms with Crippen molar-refractivity contribution in [3.63, 3.8) is 0 Å². The Morgan fingerprint density at radius 3 is 1.04 bits per heavy atom. The highest BCUT2D eigenvalue weighted by Crippen LogP contribution is 2.25. The molecule has 10 unspecified atom stereocenters. The molecule has 6 N–H and O–H groups in total. The van der Waals surface area contributed by atoms with Crippen LogP contribution in [0.5, 0.6) is 0 Å². The van der Waals surface area contributed by atoms with E-state index in [1.807, 2.05) is 0 Å². The maximum atomic E-state index is 11.9. The molecule has 0 aromatic carbocycles. The van der Waals surface area contributed by atoms with Crippen molar-refractivity contribution in [3.8, 4) is 0 Å². The van der Waals surface area contributed by atoms with Crippen LogP contribution in [0.1, 0.15) is 434 Å². The first-order valence-electron chi connectivity index (χ1n) is 43.1. The van der Waals surface area contributed by atoms with Gasteiger partial charge in [0.15, 0.2) is 18.9 Å². The molecular formula is C86H170O12. The fourth-order valence-electron chi connectivity index (χ4n) is 13.9. The number of rotatable bonds is 74. The van der Waals surface area contributed by atoms with Crippen LogP contribution in [0.25, 0.3) is 0 Å². The van der Waals surface area contributed by atoms with Gasteiger partial charge in [-0.1, -0.05) is 362 Å². The van der Waals surface area contributed by atoms with Gasteiger partial charge in [-0.05, 0) is 94.8 Å². The first-order valence-corrected chi connectivity index (χ1v) is 43.1. The number of carbonyl (C=O) groups excluding carboxylic acids is 1. The Bertz CT molecular complexity index is 1550. The molecular weight excluding hydrogens is 1220 g/mol. The fraction of sp³-hybridized carbons (Fsp3) is 0.965. The Hall–Kier alpha value is -1.19. The molecule has 0 aromatic heterocycles. The maximum Gasteiger partial charge on any atom is 0.305 e. The summed E-state index contributed by atoms with van der Waals surface area (Å²) >= 11 is 0. The molecule has 0 saturated carbocycles. The van der Waals surface area contributed by atoms with Crippen LogP contribution in [0.3, 0.4) is 0 Å².